The lowest BCUT2D eigenvalue weighted by molar-refractivity contribution is -0.122. The Bertz CT molecular complexity index is 853. The summed E-state index contributed by atoms with van der Waals surface area (Å²) in [6.45, 7) is 5.95. The molecule has 0 bridgehead atoms. The third-order valence-corrected chi connectivity index (χ3v) is 4.34. The van der Waals surface area contributed by atoms with Gasteiger partial charge in [0, 0.05) is 22.8 Å². The average molecular weight is 321 g/mol. The summed E-state index contributed by atoms with van der Waals surface area (Å²) in [4.78, 5) is 15.6. The normalized spacial score (nSPS) is 13.5. The van der Waals surface area contributed by atoms with Crippen LogP contribution in [0.3, 0.4) is 0 Å². The first kappa shape index (κ1) is 16.1. The minimum Gasteiger partial charge on any atom is -0.374 e. The minimum absolute atomic E-state index is 0.0140. The summed E-state index contributed by atoms with van der Waals surface area (Å²) in [5, 5.41) is 7.48. The Morgan fingerprint density at radius 1 is 1.08 bits per heavy atom. The van der Waals surface area contributed by atoms with Gasteiger partial charge in [-0.1, -0.05) is 24.3 Å². The van der Waals surface area contributed by atoms with E-state index in [-0.39, 0.29) is 18.0 Å². The van der Waals surface area contributed by atoms with Crippen molar-refractivity contribution in [2.45, 2.75) is 32.9 Å². The Morgan fingerprint density at radius 2 is 1.88 bits per heavy atom. The van der Waals surface area contributed by atoms with Crippen molar-refractivity contribution in [3.8, 4) is 0 Å². The van der Waals surface area contributed by atoms with Crippen LogP contribution in [0.25, 0.3) is 10.9 Å². The van der Waals surface area contributed by atoms with E-state index in [1.165, 1.54) is 5.56 Å². The molecule has 1 amide bonds. The third-order valence-electron chi connectivity index (χ3n) is 4.34. The summed E-state index contributed by atoms with van der Waals surface area (Å²) in [5.74, 6) is -0.0140. The fraction of sp³-hybridized carbons (Fsp3) is 0.250. The van der Waals surface area contributed by atoms with Crippen LogP contribution in [0.15, 0.2) is 54.7 Å². The van der Waals surface area contributed by atoms with Gasteiger partial charge >= 0.3 is 0 Å². The molecule has 0 saturated carbocycles. The van der Waals surface area contributed by atoms with Gasteiger partial charge in [-0.05, 0) is 56.2 Å². The summed E-state index contributed by atoms with van der Waals surface area (Å²) >= 11 is 0. The number of anilines is 1. The van der Waals surface area contributed by atoms with Crippen LogP contribution >= 0.6 is 0 Å². The molecule has 1 aromatic heterocycles. The highest BCUT2D eigenvalue weighted by atomic mass is 16.2. The fourth-order valence-corrected chi connectivity index (χ4v) is 2.95. The molecular weight excluding hydrogens is 298 g/mol. The van der Waals surface area contributed by atoms with Crippen molar-refractivity contribution in [2.75, 3.05) is 5.32 Å². The number of amides is 1. The van der Waals surface area contributed by atoms with E-state index in [0.29, 0.717) is 0 Å². The largest absolute Gasteiger partial charge is 0.374 e. The van der Waals surface area contributed by atoms with E-state index in [1.807, 2.05) is 56.4 Å². The van der Waals surface area contributed by atoms with Gasteiger partial charge in [-0.3, -0.25) is 4.79 Å². The van der Waals surface area contributed by atoms with Crippen LogP contribution in [0.1, 0.15) is 31.0 Å². The SMILES string of the molecule is Cc1ccccc1C(C)NC(=O)C(C)Nc1ccc2[nH]ccc2c1. The Morgan fingerprint density at radius 3 is 2.67 bits per heavy atom. The Hall–Kier alpha value is -2.75. The number of H-pyrrole nitrogens is 1. The van der Waals surface area contributed by atoms with Crippen molar-refractivity contribution in [2.24, 2.45) is 0 Å². The van der Waals surface area contributed by atoms with Crippen LogP contribution in [0.5, 0.6) is 0 Å². The number of rotatable bonds is 5. The van der Waals surface area contributed by atoms with Crippen LogP contribution in [0, 0.1) is 6.92 Å². The quantitative estimate of drug-likeness (QED) is 0.661. The summed E-state index contributed by atoms with van der Waals surface area (Å²) in [7, 11) is 0. The predicted molar refractivity (Wildman–Crippen MR) is 99.1 cm³/mol. The fourth-order valence-electron chi connectivity index (χ4n) is 2.95. The summed E-state index contributed by atoms with van der Waals surface area (Å²) in [6, 6.07) is 15.8. The molecule has 0 aliphatic carbocycles. The zero-order valence-corrected chi connectivity index (χ0v) is 14.3. The number of aryl methyl sites for hydroxylation is 1. The molecule has 2 unspecified atom stereocenters. The zero-order chi connectivity index (χ0) is 17.1. The number of aromatic nitrogens is 1. The van der Waals surface area contributed by atoms with Crippen molar-refractivity contribution in [3.05, 3.63) is 65.9 Å². The monoisotopic (exact) mass is 321 g/mol. The molecule has 0 spiro atoms. The topological polar surface area (TPSA) is 56.9 Å². The van der Waals surface area contributed by atoms with Crippen molar-refractivity contribution in [3.63, 3.8) is 0 Å². The molecule has 1 heterocycles. The molecule has 0 saturated heterocycles. The maximum absolute atomic E-state index is 12.5. The first-order valence-electron chi connectivity index (χ1n) is 8.24. The van der Waals surface area contributed by atoms with Gasteiger partial charge in [0.25, 0.3) is 0 Å². The minimum atomic E-state index is -0.312. The molecule has 3 rings (SSSR count). The molecule has 0 fully saturated rings. The second-order valence-electron chi connectivity index (χ2n) is 6.23. The standard InChI is InChI=1S/C20H23N3O/c1-13-6-4-5-7-18(13)14(2)23-20(24)15(3)22-17-8-9-19-16(12-17)10-11-21-19/h4-12,14-15,21-22H,1-3H3,(H,23,24). The predicted octanol–water partition coefficient (Wildman–Crippen LogP) is 4.15. The smallest absolute Gasteiger partial charge is 0.242 e. The summed E-state index contributed by atoms with van der Waals surface area (Å²) < 4.78 is 0. The third kappa shape index (κ3) is 3.43. The van der Waals surface area contributed by atoms with Gasteiger partial charge < -0.3 is 15.6 Å². The van der Waals surface area contributed by atoms with Crippen LogP contribution in [0.2, 0.25) is 0 Å². The van der Waals surface area contributed by atoms with Gasteiger partial charge in [0.15, 0.2) is 0 Å². The van der Waals surface area contributed by atoms with E-state index in [2.05, 4.69) is 34.7 Å². The molecule has 0 radical (unpaired) electrons. The van der Waals surface area contributed by atoms with E-state index in [1.54, 1.807) is 0 Å². The van der Waals surface area contributed by atoms with Crippen LogP contribution in [-0.2, 0) is 4.79 Å². The first-order chi connectivity index (χ1) is 11.5. The number of nitrogens with one attached hydrogen (secondary N) is 3. The highest BCUT2D eigenvalue weighted by Crippen LogP contribution is 2.19. The molecule has 3 aromatic rings. The first-order valence-corrected chi connectivity index (χ1v) is 8.24. The number of fused-ring (bicyclic) bond motifs is 1. The second kappa shape index (κ2) is 6.79. The number of aromatic amines is 1. The highest BCUT2D eigenvalue weighted by Gasteiger charge is 2.17. The van der Waals surface area contributed by atoms with E-state index in [4.69, 9.17) is 0 Å². The van der Waals surface area contributed by atoms with E-state index >= 15 is 0 Å². The number of carbonyl (C=O) groups excluding carboxylic acids is 1. The van der Waals surface area contributed by atoms with Gasteiger partial charge in [0.2, 0.25) is 5.91 Å². The molecule has 124 valence electrons. The molecular formula is C20H23N3O. The zero-order valence-electron chi connectivity index (χ0n) is 14.3. The molecule has 0 aliphatic heterocycles. The molecule has 2 aromatic carbocycles. The Labute approximate surface area is 142 Å². The van der Waals surface area contributed by atoms with Crippen molar-refractivity contribution in [1.29, 1.82) is 0 Å². The number of hydrogen-bond donors (Lipinski definition) is 3. The number of carbonyl (C=O) groups is 1. The van der Waals surface area contributed by atoms with Gasteiger partial charge in [0.05, 0.1) is 6.04 Å². The van der Waals surface area contributed by atoms with E-state index in [0.717, 1.165) is 22.2 Å². The lowest BCUT2D eigenvalue weighted by atomic mass is 10.0. The number of benzene rings is 2. The highest BCUT2D eigenvalue weighted by molar-refractivity contribution is 5.87. The van der Waals surface area contributed by atoms with Crippen LogP contribution in [-0.4, -0.2) is 16.9 Å². The van der Waals surface area contributed by atoms with Crippen molar-refractivity contribution >= 4 is 22.5 Å². The van der Waals surface area contributed by atoms with Gasteiger partial charge in [-0.2, -0.15) is 0 Å². The van der Waals surface area contributed by atoms with Crippen LogP contribution < -0.4 is 10.6 Å². The Balaban J connectivity index is 1.65. The maximum Gasteiger partial charge on any atom is 0.242 e. The summed E-state index contributed by atoms with van der Waals surface area (Å²) in [5.41, 5.74) is 4.36. The van der Waals surface area contributed by atoms with Gasteiger partial charge in [-0.25, -0.2) is 0 Å². The van der Waals surface area contributed by atoms with Crippen molar-refractivity contribution in [1.82, 2.24) is 10.3 Å². The van der Waals surface area contributed by atoms with Gasteiger partial charge in [-0.15, -0.1) is 0 Å². The van der Waals surface area contributed by atoms with Gasteiger partial charge in [0.1, 0.15) is 6.04 Å². The molecule has 4 nitrogen and oxygen atoms in total. The maximum atomic E-state index is 12.5. The molecule has 24 heavy (non-hydrogen) atoms. The number of hydrogen-bond acceptors (Lipinski definition) is 2. The van der Waals surface area contributed by atoms with E-state index < -0.39 is 0 Å². The lowest BCUT2D eigenvalue weighted by Gasteiger charge is -2.20. The summed E-state index contributed by atoms with van der Waals surface area (Å²) in [6.07, 6.45) is 1.91. The molecule has 4 heteroatoms. The van der Waals surface area contributed by atoms with Crippen LogP contribution in [0.4, 0.5) is 5.69 Å². The second-order valence-corrected chi connectivity index (χ2v) is 6.23. The average Bonchev–Trinajstić information content (AvgIpc) is 3.02. The molecule has 2 atom stereocenters. The Kier molecular flexibility index (Phi) is 4.56. The molecule has 3 N–H and O–H groups in total. The van der Waals surface area contributed by atoms with Crippen molar-refractivity contribution < 1.29 is 4.79 Å². The van der Waals surface area contributed by atoms with E-state index in [9.17, 15) is 4.79 Å². The lowest BCUT2D eigenvalue weighted by Crippen LogP contribution is -2.39. The molecule has 0 aliphatic rings.